The first-order valence-corrected chi connectivity index (χ1v) is 19.1. The Morgan fingerprint density at radius 2 is 0.804 bits per heavy atom. The monoisotopic (exact) mass is 779 g/mol. The highest BCUT2D eigenvalue weighted by molar-refractivity contribution is 8.32. The molecule has 0 aromatic heterocycles. The van der Waals surface area contributed by atoms with E-state index >= 15 is 8.78 Å². The molecule has 0 radical (unpaired) electrons. The summed E-state index contributed by atoms with van der Waals surface area (Å²) in [6.45, 7) is 6.57. The molecule has 6 nitrogen and oxygen atoms in total. The van der Waals surface area contributed by atoms with Gasteiger partial charge >= 0.3 is 33.4 Å². The summed E-state index contributed by atoms with van der Waals surface area (Å²) in [7, 11) is -11.4. The summed E-state index contributed by atoms with van der Waals surface area (Å²) >= 11 is 0. The largest absolute Gasteiger partial charge is 0.494 e. The highest BCUT2D eigenvalue weighted by atomic mass is 32.3. The van der Waals surface area contributed by atoms with Crippen LogP contribution in [-0.4, -0.2) is 55.1 Å². The third kappa shape index (κ3) is 9.02. The number of alkyl halides is 9. The Morgan fingerprint density at radius 1 is 0.510 bits per heavy atom. The highest BCUT2D eigenvalue weighted by Gasteiger charge is 2.88. The van der Waals surface area contributed by atoms with Gasteiger partial charge in [-0.1, -0.05) is 40.0 Å². The molecule has 0 aliphatic heterocycles. The van der Waals surface area contributed by atoms with E-state index in [0.717, 1.165) is 19.3 Å². The Balaban J connectivity index is 2.33. The number of hydrogen-bond donors (Lipinski definition) is 0. The minimum Gasteiger partial charge on any atom is -0.494 e. The van der Waals surface area contributed by atoms with Crippen LogP contribution in [0.1, 0.15) is 59.3 Å². The topological polar surface area (TPSA) is 74.6 Å². The van der Waals surface area contributed by atoms with Crippen LogP contribution in [0.5, 0.6) is 17.2 Å². The smallest absolute Gasteiger partial charge is 0.486 e. The molecule has 0 amide bonds. The Morgan fingerprint density at radius 3 is 1.06 bits per heavy atom. The maximum atomic E-state index is 15.3. The van der Waals surface area contributed by atoms with Crippen molar-refractivity contribution in [2.45, 2.75) is 97.3 Å². The molecule has 17 heteroatoms. The molecule has 0 saturated carbocycles. The maximum absolute atomic E-state index is 15.3. The van der Waals surface area contributed by atoms with Crippen LogP contribution in [0.25, 0.3) is 0 Å². The van der Waals surface area contributed by atoms with Crippen LogP contribution in [0.15, 0.2) is 87.5 Å². The molecule has 286 valence electrons. The van der Waals surface area contributed by atoms with E-state index in [9.17, 15) is 39.2 Å². The second-order valence-electron chi connectivity index (χ2n) is 11.3. The Labute approximate surface area is 292 Å². The number of ether oxygens (including phenoxy) is 3. The predicted molar refractivity (Wildman–Crippen MR) is 175 cm³/mol. The number of benzene rings is 3. The number of hydrogen-bond acceptors (Lipinski definition) is 5. The van der Waals surface area contributed by atoms with Gasteiger partial charge in [0.05, 0.1) is 44.8 Å². The average molecular weight is 780 g/mol. The van der Waals surface area contributed by atoms with Crippen LogP contribution in [0.3, 0.4) is 0 Å². The van der Waals surface area contributed by atoms with Gasteiger partial charge in [-0.05, 0) is 92.1 Å². The molecule has 3 aromatic carbocycles. The fourth-order valence-corrected chi connectivity index (χ4v) is 9.90. The lowest BCUT2D eigenvalue weighted by molar-refractivity contribution is -0.382. The second-order valence-corrected chi connectivity index (χ2v) is 15.9. The number of rotatable bonds is 20. The Hall–Kier alpha value is -3.31. The quantitative estimate of drug-likeness (QED) is 0.0494. The van der Waals surface area contributed by atoms with E-state index in [-0.39, 0.29) is 51.8 Å². The molecule has 0 saturated heterocycles. The molecule has 0 heterocycles. The van der Waals surface area contributed by atoms with Crippen LogP contribution in [0, 0.1) is 0 Å². The van der Waals surface area contributed by atoms with Gasteiger partial charge in [0.15, 0.2) is 0 Å². The van der Waals surface area contributed by atoms with Gasteiger partial charge in [-0.15, -0.1) is 8.42 Å². The zero-order valence-electron chi connectivity index (χ0n) is 28.0. The Kier molecular flexibility index (Phi) is 14.0. The molecule has 3 rings (SSSR count). The van der Waals surface area contributed by atoms with Gasteiger partial charge in [0.25, 0.3) is 0 Å². The van der Waals surface area contributed by atoms with Crippen molar-refractivity contribution >= 4 is 20.4 Å². The highest BCUT2D eigenvalue weighted by Crippen LogP contribution is 2.70. The van der Waals surface area contributed by atoms with Crippen LogP contribution < -0.4 is 14.2 Å². The maximum Gasteiger partial charge on any atom is 0.486 e. The van der Waals surface area contributed by atoms with E-state index in [1.807, 2.05) is 20.8 Å². The molecule has 1 N–H and O–H groups in total. The SMILES string of the molecule is CCCCOc1ccc(S([OH+]S(=O)(=O)C(F)(F)C(F)(F)C(F)(F)C(F)(F)F)(c2ccc(OCCCC)cc2)c2ccc(OCCCC)cc2)cc1. The van der Waals surface area contributed by atoms with Gasteiger partial charge in [0.2, 0.25) is 0 Å². The zero-order valence-corrected chi connectivity index (χ0v) is 29.6. The van der Waals surface area contributed by atoms with Crippen LogP contribution >= 0.6 is 10.3 Å². The molecule has 0 bridgehead atoms. The molecule has 51 heavy (non-hydrogen) atoms. The summed E-state index contributed by atoms with van der Waals surface area (Å²) < 4.78 is 174. The van der Waals surface area contributed by atoms with E-state index in [4.69, 9.17) is 14.2 Å². The van der Waals surface area contributed by atoms with Gasteiger partial charge in [-0.25, -0.2) is 0 Å². The molecule has 0 aliphatic carbocycles. The minimum atomic E-state index is -7.48. The first-order chi connectivity index (χ1) is 23.8. The zero-order chi connectivity index (χ0) is 38.1. The van der Waals surface area contributed by atoms with E-state index in [0.29, 0.717) is 19.3 Å². The third-order valence-corrected chi connectivity index (χ3v) is 12.9. The number of halogens is 9. The lowest BCUT2D eigenvalue weighted by Gasteiger charge is -2.37. The first kappa shape index (κ1) is 42.1. The molecule has 0 fully saturated rings. The third-order valence-electron chi connectivity index (χ3n) is 7.44. The van der Waals surface area contributed by atoms with E-state index in [2.05, 4.69) is 3.63 Å². The fraction of sp³-hybridized carbons (Fsp3) is 0.471. The summed E-state index contributed by atoms with van der Waals surface area (Å²) in [4.78, 5) is -0.556. The molecule has 0 unspecified atom stereocenters. The fourth-order valence-electron chi connectivity index (χ4n) is 4.46. The molecule has 0 spiro atoms. The summed E-state index contributed by atoms with van der Waals surface area (Å²) in [6, 6.07) is 15.4. The van der Waals surface area contributed by atoms with E-state index in [1.165, 1.54) is 72.8 Å². The summed E-state index contributed by atoms with van der Waals surface area (Å²) in [5.74, 6) is -14.2. The Bertz CT molecular complexity index is 1500. The predicted octanol–water partition coefficient (Wildman–Crippen LogP) is 11.3. The van der Waals surface area contributed by atoms with Crippen molar-refractivity contribution in [3.8, 4) is 17.2 Å². The molecule has 0 atom stereocenters. The lowest BCUT2D eigenvalue weighted by Crippen LogP contribution is -2.63. The molecular weight excluding hydrogens is 739 g/mol. The van der Waals surface area contributed by atoms with Crippen molar-refractivity contribution in [1.82, 2.24) is 0 Å². The van der Waals surface area contributed by atoms with Gasteiger partial charge in [0, 0.05) is 0 Å². The molecule has 0 aliphatic rings. The first-order valence-electron chi connectivity index (χ1n) is 16.0. The van der Waals surface area contributed by atoms with Crippen molar-refractivity contribution in [3.05, 3.63) is 72.8 Å². The van der Waals surface area contributed by atoms with Gasteiger partial charge in [-0.2, -0.15) is 39.5 Å². The van der Waals surface area contributed by atoms with Crippen LogP contribution in [0.4, 0.5) is 39.5 Å². The van der Waals surface area contributed by atoms with Crippen LogP contribution in [0.2, 0.25) is 0 Å². The summed E-state index contributed by atoms with van der Waals surface area (Å²) in [5.41, 5.74) is 0. The van der Waals surface area contributed by atoms with Gasteiger partial charge in [0.1, 0.15) is 17.2 Å². The molecular formula is C34H40F9O6S2+. The number of unbranched alkanes of at least 4 members (excludes halogenated alkanes) is 3. The van der Waals surface area contributed by atoms with Crippen LogP contribution in [-0.2, 0) is 10.1 Å². The van der Waals surface area contributed by atoms with Gasteiger partial charge in [-0.3, -0.25) is 3.63 Å². The minimum absolute atomic E-state index is 0.185. The van der Waals surface area contributed by atoms with Crippen molar-refractivity contribution < 1.29 is 65.8 Å². The standard InChI is InChI=1S/C34H39F9O6S2/c1-4-7-22-46-25-10-16-28(17-11-25)50(29-18-12-26(13-19-29)47-23-8-5-2,30-20-14-27(15-21-30)48-24-9-6-3)49-51(44,45)34(42,43)32(37,38)31(35,36)33(39,40)41/h10-21H,4-9,22-24H2,1-3H3/p+1. The summed E-state index contributed by atoms with van der Waals surface area (Å²) in [6.07, 6.45) is -2.91. The normalized spacial score (nSPS) is 13.6. The average Bonchev–Trinajstić information content (AvgIpc) is 3.08. The summed E-state index contributed by atoms with van der Waals surface area (Å²) in [5, 5.41) is -7.05. The molecule has 3 aromatic rings. The second kappa shape index (κ2) is 17.0. The van der Waals surface area contributed by atoms with Crippen molar-refractivity contribution in [3.63, 3.8) is 0 Å². The van der Waals surface area contributed by atoms with E-state index in [1.54, 1.807) is 0 Å². The van der Waals surface area contributed by atoms with Crippen molar-refractivity contribution in [2.24, 2.45) is 0 Å². The van der Waals surface area contributed by atoms with Crippen molar-refractivity contribution in [2.75, 3.05) is 19.8 Å². The van der Waals surface area contributed by atoms with Crippen molar-refractivity contribution in [1.29, 1.82) is 0 Å². The van der Waals surface area contributed by atoms with Gasteiger partial charge < -0.3 is 14.2 Å². The lowest BCUT2D eigenvalue weighted by atomic mass is 10.1. The van der Waals surface area contributed by atoms with E-state index < -0.39 is 43.7 Å².